The second-order valence-electron chi connectivity index (χ2n) is 9.88. The molecule has 2 aromatic heterocycles. The number of H-pyrrole nitrogens is 1. The molecule has 35 heavy (non-hydrogen) atoms. The van der Waals surface area contributed by atoms with Crippen molar-refractivity contribution in [2.45, 2.75) is 44.3 Å². The van der Waals surface area contributed by atoms with Crippen LogP contribution in [0, 0.1) is 12.8 Å². The van der Waals surface area contributed by atoms with Crippen LogP contribution in [0.15, 0.2) is 64.3 Å². The number of likely N-dealkylation sites (tertiary alicyclic amines) is 1. The van der Waals surface area contributed by atoms with E-state index in [1.54, 1.807) is 54.1 Å². The summed E-state index contributed by atoms with van der Waals surface area (Å²) < 4.78 is 40.3. The van der Waals surface area contributed by atoms with Crippen LogP contribution in [-0.2, 0) is 18.1 Å². The lowest BCUT2D eigenvalue weighted by Crippen LogP contribution is -2.28. The largest absolute Gasteiger partial charge is 0.416 e. The molecular formula is C27H28F3N3O2. The van der Waals surface area contributed by atoms with Gasteiger partial charge in [0.1, 0.15) is 0 Å². The third kappa shape index (κ3) is 4.59. The molecule has 0 unspecified atom stereocenters. The Bertz CT molecular complexity index is 1340. The predicted molar refractivity (Wildman–Crippen MR) is 128 cm³/mol. The third-order valence-electron chi connectivity index (χ3n) is 7.49. The molecule has 2 atom stereocenters. The van der Waals surface area contributed by atoms with Crippen LogP contribution in [0.5, 0.6) is 0 Å². The van der Waals surface area contributed by atoms with E-state index in [0.29, 0.717) is 23.6 Å². The first-order chi connectivity index (χ1) is 16.7. The van der Waals surface area contributed by atoms with Crippen molar-refractivity contribution in [1.82, 2.24) is 14.5 Å². The van der Waals surface area contributed by atoms with Gasteiger partial charge in [0.2, 0.25) is 0 Å². The second-order valence-corrected chi connectivity index (χ2v) is 9.88. The number of hydrogen-bond donors (Lipinski definition) is 1. The number of halogens is 3. The number of aromatic nitrogens is 2. The molecule has 3 aromatic rings. The standard InChI is InChI=1S/C27H28F3N3O2/c1-18-6-11-22(24(34)31-18)23-5-4-14-33(25(23)35)13-3-2-12-32-16-21-15-26(21,17-32)19-7-9-20(10-8-19)27(28,29)30/h4-11,14,21H,2-3,12-13,15-17H2,1H3,(H,31,34)/t21-,26+/m0/s1. The Morgan fingerprint density at radius 2 is 1.74 bits per heavy atom. The first-order valence-electron chi connectivity index (χ1n) is 12.0. The zero-order valence-corrected chi connectivity index (χ0v) is 19.6. The van der Waals surface area contributed by atoms with Crippen molar-refractivity contribution in [3.8, 4) is 11.1 Å². The number of aromatic amines is 1. The highest BCUT2D eigenvalue weighted by Crippen LogP contribution is 2.59. The maximum Gasteiger partial charge on any atom is 0.416 e. The zero-order chi connectivity index (χ0) is 24.8. The number of benzene rings is 1. The smallest absolute Gasteiger partial charge is 0.326 e. The van der Waals surface area contributed by atoms with E-state index in [0.717, 1.165) is 50.2 Å². The Hall–Kier alpha value is -3.13. The van der Waals surface area contributed by atoms with E-state index in [-0.39, 0.29) is 16.5 Å². The average Bonchev–Trinajstić information content (AvgIpc) is 3.39. The molecule has 2 fully saturated rings. The molecule has 1 aliphatic heterocycles. The zero-order valence-electron chi connectivity index (χ0n) is 19.6. The highest BCUT2D eigenvalue weighted by molar-refractivity contribution is 5.61. The van der Waals surface area contributed by atoms with Crippen LogP contribution in [-0.4, -0.2) is 34.1 Å². The fourth-order valence-electron chi connectivity index (χ4n) is 5.51. The molecule has 0 bridgehead atoms. The fourth-order valence-corrected chi connectivity index (χ4v) is 5.51. The number of unbranched alkanes of at least 4 members (excludes halogenated alkanes) is 1. The molecule has 184 valence electrons. The van der Waals surface area contributed by atoms with E-state index in [4.69, 9.17) is 0 Å². The number of fused-ring (bicyclic) bond motifs is 1. The Balaban J connectivity index is 1.16. The highest BCUT2D eigenvalue weighted by Gasteiger charge is 2.60. The molecule has 2 aliphatic rings. The van der Waals surface area contributed by atoms with Crippen LogP contribution in [0.25, 0.3) is 11.1 Å². The topological polar surface area (TPSA) is 58.1 Å². The van der Waals surface area contributed by atoms with E-state index in [9.17, 15) is 22.8 Å². The lowest BCUT2D eigenvalue weighted by molar-refractivity contribution is -0.137. The maximum atomic E-state index is 12.9. The lowest BCUT2D eigenvalue weighted by Gasteiger charge is -2.21. The van der Waals surface area contributed by atoms with Gasteiger partial charge in [-0.25, -0.2) is 0 Å². The minimum atomic E-state index is -4.31. The van der Waals surface area contributed by atoms with Gasteiger partial charge < -0.3 is 14.5 Å². The molecule has 5 rings (SSSR count). The number of aryl methyl sites for hydroxylation is 2. The van der Waals surface area contributed by atoms with Gasteiger partial charge in [0.05, 0.1) is 16.7 Å². The molecule has 1 saturated heterocycles. The predicted octanol–water partition coefficient (Wildman–Crippen LogP) is 4.58. The van der Waals surface area contributed by atoms with Gasteiger partial charge in [-0.2, -0.15) is 13.2 Å². The molecule has 8 heteroatoms. The molecule has 5 nitrogen and oxygen atoms in total. The van der Waals surface area contributed by atoms with Crippen LogP contribution >= 0.6 is 0 Å². The van der Waals surface area contributed by atoms with Gasteiger partial charge in [0, 0.05) is 36.9 Å². The summed E-state index contributed by atoms with van der Waals surface area (Å²) in [6, 6.07) is 12.6. The monoisotopic (exact) mass is 483 g/mol. The van der Waals surface area contributed by atoms with E-state index in [1.807, 2.05) is 0 Å². The summed E-state index contributed by atoms with van der Waals surface area (Å²) in [4.78, 5) is 30.3. The summed E-state index contributed by atoms with van der Waals surface area (Å²) in [5.74, 6) is 0.506. The lowest BCUT2D eigenvalue weighted by atomic mass is 9.94. The summed E-state index contributed by atoms with van der Waals surface area (Å²) >= 11 is 0. The fraction of sp³-hybridized carbons (Fsp3) is 0.407. The molecule has 0 amide bonds. The van der Waals surface area contributed by atoms with Crippen LogP contribution in [0.3, 0.4) is 0 Å². The molecule has 3 heterocycles. The number of hydrogen-bond acceptors (Lipinski definition) is 3. The highest BCUT2D eigenvalue weighted by atomic mass is 19.4. The molecule has 1 aromatic carbocycles. The van der Waals surface area contributed by atoms with Crippen LogP contribution in [0.2, 0.25) is 0 Å². The average molecular weight is 484 g/mol. The third-order valence-corrected chi connectivity index (χ3v) is 7.49. The van der Waals surface area contributed by atoms with Crippen molar-refractivity contribution in [1.29, 1.82) is 0 Å². The number of alkyl halides is 3. The van der Waals surface area contributed by atoms with Crippen LogP contribution in [0.1, 0.15) is 36.1 Å². The Morgan fingerprint density at radius 3 is 2.46 bits per heavy atom. The van der Waals surface area contributed by atoms with Crippen molar-refractivity contribution in [3.05, 3.63) is 92.3 Å². The SMILES string of the molecule is Cc1ccc(-c2cccn(CCCCN3C[C@@H]4C[C@]4(c4ccc(C(F)(F)F)cc4)C3)c2=O)c(=O)[nH]1. The first kappa shape index (κ1) is 23.6. The molecule has 0 radical (unpaired) electrons. The van der Waals surface area contributed by atoms with E-state index in [1.165, 1.54) is 12.1 Å². The Morgan fingerprint density at radius 1 is 1.00 bits per heavy atom. The van der Waals surface area contributed by atoms with Gasteiger partial charge in [0.25, 0.3) is 11.1 Å². The van der Waals surface area contributed by atoms with Gasteiger partial charge in [-0.3, -0.25) is 9.59 Å². The van der Waals surface area contributed by atoms with Crippen molar-refractivity contribution in [2.75, 3.05) is 19.6 Å². The van der Waals surface area contributed by atoms with Gasteiger partial charge in [-0.05, 0) is 80.6 Å². The number of pyridine rings is 2. The Labute approximate surface area is 201 Å². The maximum absolute atomic E-state index is 12.9. The quantitative estimate of drug-likeness (QED) is 0.501. The van der Waals surface area contributed by atoms with Gasteiger partial charge >= 0.3 is 6.18 Å². The number of rotatable bonds is 7. The van der Waals surface area contributed by atoms with Gasteiger partial charge in [0.15, 0.2) is 0 Å². The molecule has 0 spiro atoms. The molecule has 1 N–H and O–H groups in total. The minimum absolute atomic E-state index is 0.00348. The van der Waals surface area contributed by atoms with Crippen molar-refractivity contribution in [2.24, 2.45) is 5.92 Å². The summed E-state index contributed by atoms with van der Waals surface area (Å²) in [6.45, 7) is 5.09. The Kier molecular flexibility index (Phi) is 5.95. The summed E-state index contributed by atoms with van der Waals surface area (Å²) in [7, 11) is 0. The normalized spacial score (nSPS) is 21.8. The van der Waals surface area contributed by atoms with Crippen molar-refractivity contribution >= 4 is 0 Å². The van der Waals surface area contributed by atoms with E-state index in [2.05, 4.69) is 9.88 Å². The molecule has 1 aliphatic carbocycles. The second kappa shape index (κ2) is 8.82. The summed E-state index contributed by atoms with van der Waals surface area (Å²) in [6.07, 6.45) is 0.214. The van der Waals surface area contributed by atoms with Gasteiger partial charge in [-0.15, -0.1) is 0 Å². The first-order valence-corrected chi connectivity index (χ1v) is 12.0. The van der Waals surface area contributed by atoms with E-state index >= 15 is 0 Å². The summed E-state index contributed by atoms with van der Waals surface area (Å²) in [5.41, 5.74) is 1.47. The number of piperidine rings is 1. The number of nitrogens with zero attached hydrogens (tertiary/aromatic N) is 2. The number of nitrogens with one attached hydrogen (secondary N) is 1. The van der Waals surface area contributed by atoms with Crippen molar-refractivity contribution in [3.63, 3.8) is 0 Å². The van der Waals surface area contributed by atoms with Gasteiger partial charge in [-0.1, -0.05) is 12.1 Å². The minimum Gasteiger partial charge on any atom is -0.326 e. The van der Waals surface area contributed by atoms with Crippen LogP contribution in [0.4, 0.5) is 13.2 Å². The van der Waals surface area contributed by atoms with E-state index < -0.39 is 11.7 Å². The van der Waals surface area contributed by atoms with Crippen molar-refractivity contribution < 1.29 is 13.2 Å². The summed E-state index contributed by atoms with van der Waals surface area (Å²) in [5, 5.41) is 0. The molecular weight excluding hydrogens is 455 g/mol. The molecule has 1 saturated carbocycles. The van der Waals surface area contributed by atoms with Crippen LogP contribution < -0.4 is 11.1 Å².